The van der Waals surface area contributed by atoms with Crippen LogP contribution in [0.5, 0.6) is 0 Å². The van der Waals surface area contributed by atoms with E-state index in [4.69, 9.17) is 4.84 Å². The van der Waals surface area contributed by atoms with Crippen LogP contribution in [0.2, 0.25) is 0 Å². The number of aryl methyl sites for hydroxylation is 3. The number of hydrogen-bond donors (Lipinski definition) is 0. The largest absolute Gasteiger partial charge is 0.333 e. The number of imide groups is 1. The van der Waals surface area contributed by atoms with Gasteiger partial charge in [-0.3, -0.25) is 9.59 Å². The fourth-order valence-corrected chi connectivity index (χ4v) is 3.47. The molecule has 0 spiro atoms. The molecule has 0 aromatic carbocycles. The summed E-state index contributed by atoms with van der Waals surface area (Å²) >= 11 is 1.81. The second-order valence-electron chi connectivity index (χ2n) is 5.54. The van der Waals surface area contributed by atoms with E-state index >= 15 is 0 Å². The molecule has 2 heterocycles. The van der Waals surface area contributed by atoms with Crippen molar-refractivity contribution >= 4 is 29.1 Å². The summed E-state index contributed by atoms with van der Waals surface area (Å²) < 4.78 is 0. The normalized spacial score (nSPS) is 14.7. The van der Waals surface area contributed by atoms with Crippen molar-refractivity contribution in [3.8, 4) is 0 Å². The number of amides is 2. The van der Waals surface area contributed by atoms with E-state index in [-0.39, 0.29) is 19.3 Å². The molecule has 120 valence electrons. The predicted molar refractivity (Wildman–Crippen MR) is 83.1 cm³/mol. The van der Waals surface area contributed by atoms with Crippen molar-refractivity contribution in [3.63, 3.8) is 0 Å². The Kier molecular flexibility index (Phi) is 5.71. The molecule has 1 aliphatic heterocycles. The van der Waals surface area contributed by atoms with Crippen molar-refractivity contribution in [2.24, 2.45) is 0 Å². The maximum atomic E-state index is 11.6. The first-order valence-corrected chi connectivity index (χ1v) is 8.41. The van der Waals surface area contributed by atoms with Crippen molar-refractivity contribution in [2.75, 3.05) is 0 Å². The summed E-state index contributed by atoms with van der Waals surface area (Å²) in [6.07, 6.45) is 4.17. The van der Waals surface area contributed by atoms with Gasteiger partial charge in [0.05, 0.1) is 0 Å². The van der Waals surface area contributed by atoms with Gasteiger partial charge in [0.25, 0.3) is 11.8 Å². The van der Waals surface area contributed by atoms with E-state index in [0.717, 1.165) is 19.3 Å². The van der Waals surface area contributed by atoms with E-state index in [0.29, 0.717) is 11.5 Å². The molecular formula is C16H21NO4S. The molecule has 1 saturated heterocycles. The molecule has 0 bridgehead atoms. The summed E-state index contributed by atoms with van der Waals surface area (Å²) in [7, 11) is 0. The van der Waals surface area contributed by atoms with Gasteiger partial charge in [-0.15, -0.1) is 16.4 Å². The lowest BCUT2D eigenvalue weighted by Crippen LogP contribution is -2.31. The lowest BCUT2D eigenvalue weighted by molar-refractivity contribution is -0.197. The van der Waals surface area contributed by atoms with Gasteiger partial charge in [-0.1, -0.05) is 6.42 Å². The third kappa shape index (κ3) is 4.40. The highest BCUT2D eigenvalue weighted by molar-refractivity contribution is 7.12. The monoisotopic (exact) mass is 323 g/mol. The van der Waals surface area contributed by atoms with E-state index in [1.165, 1.54) is 15.3 Å². The Morgan fingerprint density at radius 3 is 2.45 bits per heavy atom. The molecule has 0 N–H and O–H groups in total. The molecule has 1 aromatic heterocycles. The van der Waals surface area contributed by atoms with Crippen LogP contribution in [-0.4, -0.2) is 22.8 Å². The van der Waals surface area contributed by atoms with E-state index in [9.17, 15) is 14.4 Å². The molecule has 6 heteroatoms. The van der Waals surface area contributed by atoms with Gasteiger partial charge < -0.3 is 4.84 Å². The van der Waals surface area contributed by atoms with Gasteiger partial charge >= 0.3 is 5.97 Å². The van der Waals surface area contributed by atoms with Gasteiger partial charge in [0.1, 0.15) is 0 Å². The smallest absolute Gasteiger partial charge is 0.330 e. The third-order valence-corrected chi connectivity index (χ3v) is 4.68. The number of carbonyl (C=O) groups is 3. The lowest BCUT2D eigenvalue weighted by Gasteiger charge is -2.12. The van der Waals surface area contributed by atoms with Crippen LogP contribution >= 0.6 is 11.3 Å². The second-order valence-corrected chi connectivity index (χ2v) is 7.00. The molecule has 2 rings (SSSR count). The van der Waals surface area contributed by atoms with Gasteiger partial charge in [-0.2, -0.15) is 0 Å². The molecule has 0 saturated carbocycles. The van der Waals surface area contributed by atoms with Gasteiger partial charge in [0.15, 0.2) is 0 Å². The SMILES string of the molecule is Cc1cc(CCCCCC(=O)ON2C(=O)CCC2=O)c(C)s1. The zero-order chi connectivity index (χ0) is 16.1. The predicted octanol–water partition coefficient (Wildman–Crippen LogP) is 3.08. The van der Waals surface area contributed by atoms with E-state index < -0.39 is 17.8 Å². The Morgan fingerprint density at radius 1 is 1.18 bits per heavy atom. The van der Waals surface area contributed by atoms with Crippen molar-refractivity contribution in [2.45, 2.75) is 58.8 Å². The van der Waals surface area contributed by atoms with E-state index in [1.54, 1.807) is 0 Å². The number of rotatable bonds is 7. The zero-order valence-electron chi connectivity index (χ0n) is 13.0. The van der Waals surface area contributed by atoms with Crippen molar-refractivity contribution in [1.82, 2.24) is 5.06 Å². The molecule has 0 radical (unpaired) electrons. The zero-order valence-corrected chi connectivity index (χ0v) is 13.8. The summed E-state index contributed by atoms with van der Waals surface area (Å²) in [4.78, 5) is 41.8. The van der Waals surface area contributed by atoms with Crippen LogP contribution in [0.1, 0.15) is 53.8 Å². The minimum Gasteiger partial charge on any atom is -0.330 e. The van der Waals surface area contributed by atoms with Gasteiger partial charge in [0.2, 0.25) is 0 Å². The number of hydrogen-bond acceptors (Lipinski definition) is 5. The van der Waals surface area contributed by atoms with Crippen LogP contribution in [0.3, 0.4) is 0 Å². The van der Waals surface area contributed by atoms with Crippen LogP contribution < -0.4 is 0 Å². The number of carbonyl (C=O) groups excluding carboxylic acids is 3. The Balaban J connectivity index is 1.62. The molecule has 0 aliphatic carbocycles. The molecule has 1 aliphatic rings. The molecule has 22 heavy (non-hydrogen) atoms. The minimum atomic E-state index is -0.508. The number of hydroxylamine groups is 2. The lowest BCUT2D eigenvalue weighted by atomic mass is 10.1. The van der Waals surface area contributed by atoms with Crippen molar-refractivity contribution < 1.29 is 19.2 Å². The van der Waals surface area contributed by atoms with Gasteiger partial charge in [-0.05, 0) is 44.7 Å². The second kappa shape index (κ2) is 7.54. The Bertz CT molecular complexity index is 563. The standard InChI is InChI=1S/C16H21NO4S/c1-11-10-13(12(2)22-11)6-4-3-5-7-16(20)21-17-14(18)8-9-15(17)19/h10H,3-9H2,1-2H3. The fraction of sp³-hybridized carbons (Fsp3) is 0.562. The van der Waals surface area contributed by atoms with E-state index in [2.05, 4.69) is 19.9 Å². The van der Waals surface area contributed by atoms with Crippen molar-refractivity contribution in [3.05, 3.63) is 21.4 Å². The molecule has 1 fully saturated rings. The topological polar surface area (TPSA) is 63.7 Å². The summed E-state index contributed by atoms with van der Waals surface area (Å²) in [6, 6.07) is 2.22. The quantitative estimate of drug-likeness (QED) is 0.571. The van der Waals surface area contributed by atoms with Crippen LogP contribution in [-0.2, 0) is 25.6 Å². The first-order chi connectivity index (χ1) is 10.5. The van der Waals surface area contributed by atoms with Gasteiger partial charge in [0, 0.05) is 29.0 Å². The first-order valence-electron chi connectivity index (χ1n) is 7.60. The molecule has 0 atom stereocenters. The molecule has 5 nitrogen and oxygen atoms in total. The van der Waals surface area contributed by atoms with Crippen LogP contribution in [0.15, 0.2) is 6.07 Å². The third-order valence-electron chi connectivity index (χ3n) is 3.67. The number of thiophene rings is 1. The first kappa shape index (κ1) is 16.7. The van der Waals surface area contributed by atoms with Crippen LogP contribution in [0.25, 0.3) is 0 Å². The summed E-state index contributed by atoms with van der Waals surface area (Å²) in [6.45, 7) is 4.24. The highest BCUT2D eigenvalue weighted by Gasteiger charge is 2.32. The van der Waals surface area contributed by atoms with Crippen LogP contribution in [0.4, 0.5) is 0 Å². The average Bonchev–Trinajstić information content (AvgIpc) is 2.94. The summed E-state index contributed by atoms with van der Waals surface area (Å²) in [5.41, 5.74) is 1.39. The maximum Gasteiger partial charge on any atom is 0.333 e. The number of nitrogens with zero attached hydrogens (tertiary/aromatic N) is 1. The molecule has 0 unspecified atom stereocenters. The summed E-state index contributed by atoms with van der Waals surface area (Å²) in [5, 5.41) is 0.611. The van der Waals surface area contributed by atoms with Crippen molar-refractivity contribution in [1.29, 1.82) is 0 Å². The molecular weight excluding hydrogens is 302 g/mol. The van der Waals surface area contributed by atoms with E-state index in [1.807, 2.05) is 11.3 Å². The maximum absolute atomic E-state index is 11.6. The summed E-state index contributed by atoms with van der Waals surface area (Å²) in [5.74, 6) is -1.37. The Labute approximate surface area is 134 Å². The minimum absolute atomic E-state index is 0.130. The highest BCUT2D eigenvalue weighted by atomic mass is 32.1. The average molecular weight is 323 g/mol. The van der Waals surface area contributed by atoms with Gasteiger partial charge in [-0.25, -0.2) is 4.79 Å². The Morgan fingerprint density at radius 2 is 1.86 bits per heavy atom. The fourth-order valence-electron chi connectivity index (χ4n) is 2.50. The van der Waals surface area contributed by atoms with Crippen LogP contribution in [0, 0.1) is 13.8 Å². The Hall–Kier alpha value is -1.69. The molecule has 2 amide bonds. The number of unbranched alkanes of at least 4 members (excludes halogenated alkanes) is 2. The molecule has 1 aromatic rings. The highest BCUT2D eigenvalue weighted by Crippen LogP contribution is 2.22.